The van der Waals surface area contributed by atoms with Crippen LogP contribution in [0, 0.1) is 5.41 Å². The van der Waals surface area contributed by atoms with Gasteiger partial charge in [0, 0.05) is 0 Å². The van der Waals surface area contributed by atoms with E-state index in [4.69, 9.17) is 0 Å². The molecule has 0 aliphatic heterocycles. The molecule has 0 saturated heterocycles. The van der Waals surface area contributed by atoms with E-state index in [-0.39, 0.29) is 24.8 Å². The number of hydrogen-bond donors (Lipinski definition) is 0. The molecule has 0 bridgehead atoms. The van der Waals surface area contributed by atoms with E-state index in [1.807, 2.05) is 0 Å². The van der Waals surface area contributed by atoms with E-state index in [0.717, 1.165) is 0 Å². The van der Waals surface area contributed by atoms with E-state index in [9.17, 15) is 0 Å². The molecule has 0 aromatic carbocycles. The van der Waals surface area contributed by atoms with Gasteiger partial charge in [0.15, 0.2) is 0 Å². The van der Waals surface area contributed by atoms with Gasteiger partial charge in [-0.25, -0.2) is 0 Å². The summed E-state index contributed by atoms with van der Waals surface area (Å²) in [6, 6.07) is 0. The quantitative estimate of drug-likeness (QED) is 0.648. The summed E-state index contributed by atoms with van der Waals surface area (Å²) in [7, 11) is 0. The van der Waals surface area contributed by atoms with Crippen molar-refractivity contribution in [1.29, 1.82) is 0 Å². The molecular formula is C15H22Cl2Zr. The van der Waals surface area contributed by atoms with Crippen LogP contribution in [-0.4, -0.2) is 4.21 Å². The van der Waals surface area contributed by atoms with Crippen LogP contribution in [0.15, 0.2) is 42.5 Å². The summed E-state index contributed by atoms with van der Waals surface area (Å²) in [5.41, 5.74) is 1.81. The van der Waals surface area contributed by atoms with Crippen molar-refractivity contribution < 1.29 is 21.3 Å². The topological polar surface area (TPSA) is 0 Å². The molecule has 0 atom stereocenters. The first-order valence-electron chi connectivity index (χ1n) is 5.95. The Morgan fingerprint density at radius 1 is 1.11 bits per heavy atom. The van der Waals surface area contributed by atoms with Crippen molar-refractivity contribution in [2.45, 2.75) is 33.6 Å². The van der Waals surface area contributed by atoms with Gasteiger partial charge in [-0.15, -0.1) is 24.8 Å². The summed E-state index contributed by atoms with van der Waals surface area (Å²) in [4.78, 5) is 0. The molecule has 2 aliphatic rings. The SMILES string of the molecule is Cl.Cl.[CH2]=[Zr]([C]1=CC=CC1)[C]1=CC(C(C)(C)C)=CC1. The molecule has 3 heteroatoms. The predicted octanol–water partition coefficient (Wildman–Crippen LogP) is 4.98. The summed E-state index contributed by atoms with van der Waals surface area (Å²) >= 11 is -1.65. The Kier molecular flexibility index (Phi) is 7.29. The Hall–Kier alpha value is 0.293. The van der Waals surface area contributed by atoms with Crippen molar-refractivity contribution in [3.63, 3.8) is 0 Å². The molecule has 0 aromatic heterocycles. The predicted molar refractivity (Wildman–Crippen MR) is 83.7 cm³/mol. The van der Waals surface area contributed by atoms with Gasteiger partial charge in [0.25, 0.3) is 0 Å². The monoisotopic (exact) mass is 362 g/mol. The molecule has 0 spiro atoms. The third-order valence-electron chi connectivity index (χ3n) is 3.28. The van der Waals surface area contributed by atoms with Crippen LogP contribution in [0.25, 0.3) is 0 Å². The van der Waals surface area contributed by atoms with E-state index >= 15 is 0 Å². The molecule has 0 heterocycles. The molecule has 100 valence electrons. The van der Waals surface area contributed by atoms with Gasteiger partial charge in [-0.1, -0.05) is 0 Å². The molecule has 2 rings (SSSR count). The van der Waals surface area contributed by atoms with E-state index in [2.05, 4.69) is 55.4 Å². The fourth-order valence-electron chi connectivity index (χ4n) is 2.14. The van der Waals surface area contributed by atoms with Gasteiger partial charge < -0.3 is 0 Å². The number of hydrogen-bond acceptors (Lipinski definition) is 0. The third kappa shape index (κ3) is 4.15. The first-order valence-corrected chi connectivity index (χ1v) is 10.1. The Balaban J connectivity index is 0.00000144. The Morgan fingerprint density at radius 3 is 2.22 bits per heavy atom. The summed E-state index contributed by atoms with van der Waals surface area (Å²) in [6.07, 6.45) is 13.9. The Labute approximate surface area is 131 Å². The summed E-state index contributed by atoms with van der Waals surface area (Å²) in [5, 5.41) is 0. The van der Waals surface area contributed by atoms with Crippen LogP contribution in [0.5, 0.6) is 0 Å². The van der Waals surface area contributed by atoms with Crippen molar-refractivity contribution in [2.24, 2.45) is 5.41 Å². The second-order valence-corrected chi connectivity index (χ2v) is 11.1. The molecular weight excluding hydrogens is 342 g/mol. The van der Waals surface area contributed by atoms with E-state index in [1.165, 1.54) is 18.4 Å². The van der Waals surface area contributed by atoms with Crippen LogP contribution in [0.4, 0.5) is 0 Å². The number of halogens is 2. The molecule has 0 fully saturated rings. The van der Waals surface area contributed by atoms with Crippen LogP contribution in [-0.2, 0) is 21.3 Å². The van der Waals surface area contributed by atoms with Crippen LogP contribution < -0.4 is 0 Å². The van der Waals surface area contributed by atoms with Crippen molar-refractivity contribution in [3.05, 3.63) is 42.5 Å². The fraction of sp³-hybridized carbons (Fsp3) is 0.400. The van der Waals surface area contributed by atoms with Crippen LogP contribution >= 0.6 is 24.8 Å². The second-order valence-electron chi connectivity index (χ2n) is 5.59. The first kappa shape index (κ1) is 18.3. The maximum absolute atomic E-state index is 4.51. The van der Waals surface area contributed by atoms with Gasteiger partial charge in [-0.2, -0.15) is 0 Å². The van der Waals surface area contributed by atoms with Gasteiger partial charge in [0.05, 0.1) is 0 Å². The van der Waals surface area contributed by atoms with Gasteiger partial charge in [0.2, 0.25) is 0 Å². The van der Waals surface area contributed by atoms with Gasteiger partial charge in [-0.05, 0) is 0 Å². The zero-order valence-electron chi connectivity index (χ0n) is 11.3. The van der Waals surface area contributed by atoms with Gasteiger partial charge in [0.1, 0.15) is 0 Å². The minimum absolute atomic E-state index is 0. The Morgan fingerprint density at radius 2 is 1.78 bits per heavy atom. The normalized spacial score (nSPS) is 17.4. The second kappa shape index (κ2) is 7.18. The molecule has 2 aliphatic carbocycles. The van der Waals surface area contributed by atoms with E-state index in [0.29, 0.717) is 5.41 Å². The van der Waals surface area contributed by atoms with Gasteiger partial charge >= 0.3 is 107 Å². The zero-order valence-corrected chi connectivity index (χ0v) is 15.4. The molecule has 0 aromatic rings. The summed E-state index contributed by atoms with van der Waals surface area (Å²) in [5.74, 6) is 0. The van der Waals surface area contributed by atoms with Crippen molar-refractivity contribution >= 4 is 29.0 Å². The van der Waals surface area contributed by atoms with Crippen molar-refractivity contribution in [1.82, 2.24) is 0 Å². The van der Waals surface area contributed by atoms with E-state index in [1.54, 1.807) is 6.56 Å². The van der Waals surface area contributed by atoms with Crippen LogP contribution in [0.2, 0.25) is 0 Å². The van der Waals surface area contributed by atoms with Crippen molar-refractivity contribution in [2.75, 3.05) is 0 Å². The maximum atomic E-state index is 4.51. The zero-order chi connectivity index (χ0) is 11.8. The molecule has 0 N–H and O–H groups in total. The molecule has 0 saturated carbocycles. The minimum atomic E-state index is -1.65. The van der Waals surface area contributed by atoms with Gasteiger partial charge in [-0.3, -0.25) is 0 Å². The Bertz CT molecular complexity index is 446. The average Bonchev–Trinajstić information content (AvgIpc) is 2.87. The summed E-state index contributed by atoms with van der Waals surface area (Å²) < 4.78 is 7.82. The third-order valence-corrected chi connectivity index (χ3v) is 8.86. The van der Waals surface area contributed by atoms with Crippen molar-refractivity contribution in [3.8, 4) is 0 Å². The van der Waals surface area contributed by atoms with Crippen LogP contribution in [0.1, 0.15) is 33.6 Å². The standard InChI is InChI=1S/C9H13.C5H5.CH2.2ClH.Zr/c1-9(2,3)8-6-4-5-7-8;1-2-4-5-3-1;;;;/h6-7H,4H2,1-3H3;1-3H,4H2;1H2;2*1H;. The fourth-order valence-corrected chi connectivity index (χ4v) is 6.44. The number of rotatable bonds is 2. The molecule has 18 heavy (non-hydrogen) atoms. The molecule has 0 unspecified atom stereocenters. The molecule has 0 radical (unpaired) electrons. The number of allylic oxidation sites excluding steroid dienone is 8. The van der Waals surface area contributed by atoms with Crippen LogP contribution in [0.3, 0.4) is 0 Å². The summed E-state index contributed by atoms with van der Waals surface area (Å²) in [6.45, 7) is 6.88. The first-order chi connectivity index (χ1) is 7.48. The van der Waals surface area contributed by atoms with E-state index < -0.39 is 21.3 Å². The average molecular weight is 364 g/mol. The molecule has 0 nitrogen and oxygen atoms in total. The molecule has 0 amide bonds.